The first-order chi connectivity index (χ1) is 17.0. The number of nitrogens with zero attached hydrogens (tertiary/aromatic N) is 1. The number of hydrazone groups is 1. The smallest absolute Gasteiger partial charge is 0.343 e. The van der Waals surface area contributed by atoms with Crippen molar-refractivity contribution in [3.63, 3.8) is 0 Å². The second-order valence-electron chi connectivity index (χ2n) is 7.22. The zero-order valence-corrected chi connectivity index (χ0v) is 20.0. The normalized spacial score (nSPS) is 10.6. The molecule has 35 heavy (non-hydrogen) atoms. The predicted octanol–water partition coefficient (Wildman–Crippen LogP) is 5.22. The van der Waals surface area contributed by atoms with Gasteiger partial charge in [0, 0.05) is 5.02 Å². The van der Waals surface area contributed by atoms with Gasteiger partial charge in [0.2, 0.25) is 0 Å². The largest absolute Gasteiger partial charge is 0.490 e. The van der Waals surface area contributed by atoms with Crippen molar-refractivity contribution in [2.75, 3.05) is 13.2 Å². The van der Waals surface area contributed by atoms with E-state index in [4.69, 9.17) is 25.8 Å². The van der Waals surface area contributed by atoms with E-state index in [9.17, 15) is 9.59 Å². The number of carbonyl (C=O) groups is 2. The van der Waals surface area contributed by atoms with Crippen LogP contribution in [0.2, 0.25) is 5.02 Å². The third kappa shape index (κ3) is 7.72. The van der Waals surface area contributed by atoms with Crippen LogP contribution in [0, 0.1) is 0 Å². The molecule has 0 aromatic heterocycles. The first-order valence-electron chi connectivity index (χ1n) is 10.9. The fourth-order valence-electron chi connectivity index (χ4n) is 3.03. The number of hydrogen-bond donors (Lipinski definition) is 1. The van der Waals surface area contributed by atoms with Gasteiger partial charge in [-0.1, -0.05) is 35.9 Å². The number of ether oxygens (including phenoxy) is 3. The van der Waals surface area contributed by atoms with Crippen LogP contribution in [0.5, 0.6) is 17.2 Å². The van der Waals surface area contributed by atoms with Crippen molar-refractivity contribution in [2.45, 2.75) is 13.3 Å². The number of allylic oxidation sites excluding steroid dienone is 1. The van der Waals surface area contributed by atoms with Gasteiger partial charge in [-0.15, -0.1) is 6.58 Å². The Morgan fingerprint density at radius 1 is 1.00 bits per heavy atom. The summed E-state index contributed by atoms with van der Waals surface area (Å²) in [7, 11) is 0. The van der Waals surface area contributed by atoms with E-state index in [-0.39, 0.29) is 12.4 Å². The van der Waals surface area contributed by atoms with Crippen molar-refractivity contribution in [1.82, 2.24) is 5.43 Å². The van der Waals surface area contributed by atoms with Gasteiger partial charge in [0.25, 0.3) is 5.91 Å². The van der Waals surface area contributed by atoms with Crippen molar-refractivity contribution in [2.24, 2.45) is 5.10 Å². The Hall–Kier alpha value is -4.10. The van der Waals surface area contributed by atoms with E-state index in [1.54, 1.807) is 54.6 Å². The van der Waals surface area contributed by atoms with Gasteiger partial charge < -0.3 is 14.2 Å². The van der Waals surface area contributed by atoms with Crippen molar-refractivity contribution in [3.8, 4) is 17.2 Å². The maximum atomic E-state index is 12.4. The minimum Gasteiger partial charge on any atom is -0.490 e. The fraction of sp³-hybridized carbons (Fsp3) is 0.148. The summed E-state index contributed by atoms with van der Waals surface area (Å²) >= 11 is 5.86. The van der Waals surface area contributed by atoms with Crippen LogP contribution in [0.1, 0.15) is 28.4 Å². The predicted molar refractivity (Wildman–Crippen MR) is 136 cm³/mol. The molecule has 0 saturated carbocycles. The summed E-state index contributed by atoms with van der Waals surface area (Å²) < 4.78 is 16.7. The molecule has 1 N–H and O–H groups in total. The third-order valence-corrected chi connectivity index (χ3v) is 4.90. The van der Waals surface area contributed by atoms with E-state index in [1.165, 1.54) is 6.21 Å². The van der Waals surface area contributed by atoms with Gasteiger partial charge in [-0.05, 0) is 73.0 Å². The molecular formula is C27H25ClN2O5. The van der Waals surface area contributed by atoms with E-state index in [0.29, 0.717) is 40.7 Å². The Bertz CT molecular complexity index is 1210. The van der Waals surface area contributed by atoms with Crippen molar-refractivity contribution < 1.29 is 23.8 Å². The summed E-state index contributed by atoms with van der Waals surface area (Å²) in [6.45, 7) is 5.73. The average molecular weight is 493 g/mol. The van der Waals surface area contributed by atoms with Gasteiger partial charge in [0.15, 0.2) is 18.1 Å². The van der Waals surface area contributed by atoms with E-state index in [2.05, 4.69) is 17.1 Å². The Morgan fingerprint density at radius 3 is 2.51 bits per heavy atom. The molecular weight excluding hydrogens is 468 g/mol. The van der Waals surface area contributed by atoms with Crippen LogP contribution in [0.15, 0.2) is 84.5 Å². The molecule has 7 nitrogen and oxygen atoms in total. The highest BCUT2D eigenvalue weighted by molar-refractivity contribution is 6.30. The molecule has 3 rings (SSSR count). The number of amides is 1. The number of halogens is 1. The average Bonchev–Trinajstić information content (AvgIpc) is 2.86. The summed E-state index contributed by atoms with van der Waals surface area (Å²) in [5, 5.41) is 4.49. The maximum Gasteiger partial charge on any atom is 0.343 e. The zero-order chi connectivity index (χ0) is 25.0. The van der Waals surface area contributed by atoms with Crippen LogP contribution in [-0.4, -0.2) is 31.3 Å². The SMILES string of the molecule is C=CCc1ccccc1OCC(=O)NN=Cc1ccc(OC(=O)c2ccc(Cl)cc2)c(OCC)c1. The molecule has 180 valence electrons. The van der Waals surface area contributed by atoms with Crippen molar-refractivity contribution >= 4 is 29.7 Å². The molecule has 8 heteroatoms. The lowest BCUT2D eigenvalue weighted by Crippen LogP contribution is -2.24. The van der Waals surface area contributed by atoms with E-state index in [0.717, 1.165) is 5.56 Å². The number of nitrogens with one attached hydrogen (secondary N) is 1. The van der Waals surface area contributed by atoms with Gasteiger partial charge in [-0.2, -0.15) is 5.10 Å². The molecule has 0 unspecified atom stereocenters. The molecule has 0 spiro atoms. The van der Waals surface area contributed by atoms with Gasteiger partial charge in [-0.25, -0.2) is 10.2 Å². The fourth-order valence-corrected chi connectivity index (χ4v) is 3.15. The Kier molecular flexibility index (Phi) is 9.45. The van der Waals surface area contributed by atoms with Crippen LogP contribution in [0.25, 0.3) is 0 Å². The topological polar surface area (TPSA) is 86.2 Å². The van der Waals surface area contributed by atoms with Crippen LogP contribution in [0.4, 0.5) is 0 Å². The Morgan fingerprint density at radius 2 is 1.77 bits per heavy atom. The third-order valence-electron chi connectivity index (χ3n) is 4.65. The quantitative estimate of drug-likeness (QED) is 0.130. The molecule has 0 bridgehead atoms. The van der Waals surface area contributed by atoms with Gasteiger partial charge in [0.05, 0.1) is 18.4 Å². The highest BCUT2D eigenvalue weighted by Crippen LogP contribution is 2.29. The minimum absolute atomic E-state index is 0.185. The van der Waals surface area contributed by atoms with Gasteiger partial charge >= 0.3 is 5.97 Å². The molecule has 0 radical (unpaired) electrons. The lowest BCUT2D eigenvalue weighted by Gasteiger charge is -2.11. The molecule has 0 heterocycles. The standard InChI is InChI=1S/C27H25ClN2O5/c1-3-7-20-8-5-6-9-23(20)34-18-26(31)30-29-17-19-10-15-24(25(16-19)33-4-2)35-27(32)21-11-13-22(28)14-12-21/h3,5-6,8-17H,1,4,7,18H2,2H3,(H,30,31). The Balaban J connectivity index is 1.59. The summed E-state index contributed by atoms with van der Waals surface area (Å²) in [6.07, 6.45) is 3.87. The van der Waals surface area contributed by atoms with Crippen molar-refractivity contribution in [1.29, 1.82) is 0 Å². The lowest BCUT2D eigenvalue weighted by atomic mass is 10.1. The van der Waals surface area contributed by atoms with Gasteiger partial charge in [-0.3, -0.25) is 4.79 Å². The van der Waals surface area contributed by atoms with E-state index < -0.39 is 11.9 Å². The highest BCUT2D eigenvalue weighted by Gasteiger charge is 2.13. The number of benzene rings is 3. The molecule has 0 aliphatic heterocycles. The maximum absolute atomic E-state index is 12.4. The van der Waals surface area contributed by atoms with E-state index >= 15 is 0 Å². The molecule has 0 fully saturated rings. The monoisotopic (exact) mass is 492 g/mol. The van der Waals surface area contributed by atoms with Crippen molar-refractivity contribution in [3.05, 3.63) is 101 Å². The zero-order valence-electron chi connectivity index (χ0n) is 19.2. The molecule has 0 atom stereocenters. The van der Waals surface area contributed by atoms with Crippen LogP contribution >= 0.6 is 11.6 Å². The van der Waals surface area contributed by atoms with Crippen LogP contribution in [0.3, 0.4) is 0 Å². The summed E-state index contributed by atoms with van der Waals surface area (Å²) in [4.78, 5) is 24.5. The first kappa shape index (κ1) is 25.5. The number of carbonyl (C=O) groups excluding carboxylic acids is 2. The van der Waals surface area contributed by atoms with Crippen LogP contribution < -0.4 is 19.6 Å². The van der Waals surface area contributed by atoms with E-state index in [1.807, 2.05) is 25.1 Å². The number of hydrogen-bond acceptors (Lipinski definition) is 6. The second-order valence-corrected chi connectivity index (χ2v) is 7.65. The number of para-hydroxylation sites is 1. The number of rotatable bonds is 11. The second kappa shape index (κ2) is 13.0. The molecule has 0 aliphatic rings. The first-order valence-corrected chi connectivity index (χ1v) is 11.3. The lowest BCUT2D eigenvalue weighted by molar-refractivity contribution is -0.123. The molecule has 0 aliphatic carbocycles. The summed E-state index contributed by atoms with van der Waals surface area (Å²) in [5.41, 5.74) is 4.37. The minimum atomic E-state index is -0.536. The summed E-state index contributed by atoms with van der Waals surface area (Å²) in [6, 6.07) is 18.8. The molecule has 3 aromatic rings. The summed E-state index contributed by atoms with van der Waals surface area (Å²) in [5.74, 6) is 0.308. The highest BCUT2D eigenvalue weighted by atomic mass is 35.5. The molecule has 1 amide bonds. The Labute approximate surface area is 209 Å². The van der Waals surface area contributed by atoms with Crippen LogP contribution in [-0.2, 0) is 11.2 Å². The number of esters is 1. The molecule has 0 saturated heterocycles. The van der Waals surface area contributed by atoms with Gasteiger partial charge in [0.1, 0.15) is 5.75 Å². The molecule has 3 aromatic carbocycles.